The third kappa shape index (κ3) is 7.73. The number of halogens is 1. The summed E-state index contributed by atoms with van der Waals surface area (Å²) in [5.74, 6) is 0.156. The van der Waals surface area contributed by atoms with E-state index in [4.69, 9.17) is 17.3 Å². The second-order valence-electron chi connectivity index (χ2n) is 8.73. The number of nitrogens with two attached hydrogens (primary N) is 1. The molecule has 218 valence electrons. The van der Waals surface area contributed by atoms with Crippen LogP contribution in [0.25, 0.3) is 10.8 Å². The maximum absolute atomic E-state index is 11.8. The largest absolute Gasteiger partial charge is 0.351 e. The van der Waals surface area contributed by atoms with Gasteiger partial charge in [0.05, 0.1) is 16.3 Å². The van der Waals surface area contributed by atoms with Crippen molar-refractivity contribution in [1.82, 2.24) is 15.0 Å². The van der Waals surface area contributed by atoms with Crippen LogP contribution in [-0.4, -0.2) is 29.7 Å². The van der Waals surface area contributed by atoms with E-state index < -0.39 is 17.1 Å². The van der Waals surface area contributed by atoms with E-state index in [1.807, 2.05) is 24.3 Å². The second kappa shape index (κ2) is 13.2. The maximum atomic E-state index is 11.8. The molecule has 5 aromatic rings. The highest BCUT2D eigenvalue weighted by Gasteiger charge is 2.12. The fourth-order valence-corrected chi connectivity index (χ4v) is 5.41. The Morgan fingerprint density at radius 3 is 2.26 bits per heavy atom. The molecule has 0 aliphatic rings. The SMILES string of the molecule is NC(=O)Nc1cc(Nc2nc(Cl)nc(Nc3cccc(S(=O)O)c3)n2)ccc1N=Nc1cc2c(S)cc(S)cc2cc1S. The van der Waals surface area contributed by atoms with Gasteiger partial charge in [0.25, 0.3) is 0 Å². The van der Waals surface area contributed by atoms with Gasteiger partial charge in [-0.05, 0) is 83.0 Å². The second-order valence-corrected chi connectivity index (χ2v) is 11.5. The normalized spacial score (nSPS) is 11.9. The molecule has 43 heavy (non-hydrogen) atoms. The molecule has 1 heterocycles. The predicted octanol–water partition coefficient (Wildman–Crippen LogP) is 7.52. The van der Waals surface area contributed by atoms with Crippen molar-refractivity contribution < 1.29 is 13.6 Å². The van der Waals surface area contributed by atoms with E-state index >= 15 is 0 Å². The first-order valence-corrected chi connectivity index (χ1v) is 14.8. The fourth-order valence-electron chi connectivity index (χ4n) is 3.88. The quantitative estimate of drug-likeness (QED) is 0.0474. The van der Waals surface area contributed by atoms with Gasteiger partial charge in [-0.2, -0.15) is 15.0 Å². The third-order valence-electron chi connectivity index (χ3n) is 5.69. The van der Waals surface area contributed by atoms with Gasteiger partial charge >= 0.3 is 6.03 Å². The maximum Gasteiger partial charge on any atom is 0.316 e. The van der Waals surface area contributed by atoms with Crippen LogP contribution >= 0.6 is 49.5 Å². The minimum atomic E-state index is -2.16. The van der Waals surface area contributed by atoms with E-state index in [-0.39, 0.29) is 27.8 Å². The van der Waals surface area contributed by atoms with E-state index in [0.29, 0.717) is 27.6 Å². The molecule has 5 rings (SSSR count). The Hall–Kier alpha value is -3.93. The topological polar surface area (TPSA) is 180 Å². The molecule has 0 fully saturated rings. The summed E-state index contributed by atoms with van der Waals surface area (Å²) in [4.78, 5) is 26.5. The van der Waals surface area contributed by atoms with Gasteiger partial charge < -0.3 is 26.2 Å². The number of fused-ring (bicyclic) bond motifs is 1. The molecule has 0 bridgehead atoms. The van der Waals surface area contributed by atoms with Crippen LogP contribution in [0.4, 0.5) is 45.1 Å². The van der Waals surface area contributed by atoms with Crippen LogP contribution in [0.2, 0.25) is 5.28 Å². The van der Waals surface area contributed by atoms with E-state index in [2.05, 4.69) is 79.0 Å². The number of amides is 2. The van der Waals surface area contributed by atoms with E-state index in [9.17, 15) is 13.6 Å². The summed E-state index contributed by atoms with van der Waals surface area (Å²) in [7, 11) is 0. The van der Waals surface area contributed by atoms with Gasteiger partial charge in [-0.15, -0.1) is 48.1 Å². The zero-order valence-electron chi connectivity index (χ0n) is 21.6. The molecule has 17 heteroatoms. The molecule has 1 aromatic heterocycles. The van der Waals surface area contributed by atoms with Crippen molar-refractivity contribution in [3.8, 4) is 0 Å². The number of nitrogens with one attached hydrogen (secondary N) is 3. The molecule has 2 amide bonds. The highest BCUT2D eigenvalue weighted by molar-refractivity contribution is 7.81. The molecular formula is C26H20ClN9O3S4. The number of benzene rings is 4. The number of carbonyl (C=O) groups is 1. The van der Waals surface area contributed by atoms with Gasteiger partial charge in [0.1, 0.15) is 5.69 Å². The molecule has 6 N–H and O–H groups in total. The Kier molecular flexibility index (Phi) is 9.34. The van der Waals surface area contributed by atoms with Gasteiger partial charge in [-0.25, -0.2) is 9.00 Å². The summed E-state index contributed by atoms with van der Waals surface area (Å²) in [5.41, 5.74) is 7.37. The number of carbonyl (C=O) groups excluding carboxylic acids is 1. The van der Waals surface area contributed by atoms with Gasteiger partial charge in [0, 0.05) is 26.1 Å². The molecule has 0 aliphatic heterocycles. The summed E-state index contributed by atoms with van der Waals surface area (Å²) < 4.78 is 20.7. The first-order valence-electron chi connectivity index (χ1n) is 12.0. The molecule has 0 saturated heterocycles. The summed E-state index contributed by atoms with van der Waals surface area (Å²) in [6, 6.07) is 17.6. The smallest absolute Gasteiger partial charge is 0.316 e. The number of nitrogens with zero attached hydrogens (tertiary/aromatic N) is 5. The number of anilines is 5. The average molecular weight is 670 g/mol. The van der Waals surface area contributed by atoms with Gasteiger partial charge in [-0.1, -0.05) is 6.07 Å². The van der Waals surface area contributed by atoms with Crippen LogP contribution < -0.4 is 21.7 Å². The van der Waals surface area contributed by atoms with Gasteiger partial charge in [-0.3, -0.25) is 0 Å². The first-order chi connectivity index (χ1) is 20.5. The number of primary amides is 1. The van der Waals surface area contributed by atoms with Crippen molar-refractivity contribution in [2.24, 2.45) is 16.0 Å². The number of hydrogen-bond donors (Lipinski definition) is 8. The van der Waals surface area contributed by atoms with Crippen LogP contribution in [-0.2, 0) is 11.1 Å². The number of hydrogen-bond acceptors (Lipinski definition) is 12. The lowest BCUT2D eigenvalue weighted by atomic mass is 10.1. The van der Waals surface area contributed by atoms with Crippen molar-refractivity contribution >= 4 is 118 Å². The fraction of sp³-hybridized carbons (Fsp3) is 0. The summed E-state index contributed by atoms with van der Waals surface area (Å²) in [6.07, 6.45) is 0. The zero-order chi connectivity index (χ0) is 30.7. The highest BCUT2D eigenvalue weighted by Crippen LogP contribution is 2.36. The van der Waals surface area contributed by atoms with Crippen molar-refractivity contribution in [2.75, 3.05) is 16.0 Å². The molecule has 1 unspecified atom stereocenters. The van der Waals surface area contributed by atoms with Crippen LogP contribution in [0.15, 0.2) is 96.5 Å². The molecule has 0 spiro atoms. The van der Waals surface area contributed by atoms with Gasteiger partial charge in [0.15, 0.2) is 11.1 Å². The zero-order valence-corrected chi connectivity index (χ0v) is 25.8. The van der Waals surface area contributed by atoms with Crippen molar-refractivity contribution in [3.63, 3.8) is 0 Å². The number of azo groups is 1. The minimum absolute atomic E-state index is 0.0756. The lowest BCUT2D eigenvalue weighted by Gasteiger charge is -2.11. The van der Waals surface area contributed by atoms with Crippen LogP contribution in [0.5, 0.6) is 0 Å². The highest BCUT2D eigenvalue weighted by atomic mass is 35.5. The molecule has 12 nitrogen and oxygen atoms in total. The summed E-state index contributed by atoms with van der Waals surface area (Å²) in [5, 5.41) is 18.7. The number of rotatable bonds is 8. The Morgan fingerprint density at radius 1 is 0.860 bits per heavy atom. The van der Waals surface area contributed by atoms with Gasteiger partial charge in [0.2, 0.25) is 17.2 Å². The molecule has 0 saturated carbocycles. The van der Waals surface area contributed by atoms with Crippen molar-refractivity contribution in [2.45, 2.75) is 19.6 Å². The summed E-state index contributed by atoms with van der Waals surface area (Å²) in [6.45, 7) is 0. The predicted molar refractivity (Wildman–Crippen MR) is 176 cm³/mol. The molecular weight excluding hydrogens is 650 g/mol. The molecule has 0 aliphatic carbocycles. The minimum Gasteiger partial charge on any atom is -0.351 e. The first kappa shape index (κ1) is 30.5. The Balaban J connectivity index is 1.41. The molecule has 0 radical (unpaired) electrons. The standard InChI is InChI=1S/C26H20ClN9O3S4/c27-23-32-25(29-13-2-1-3-16(8-13)43(38)39)34-26(33-23)30-14-4-5-18(19(9-14)31-24(28)37)35-36-20-11-17-12(7-22(20)42)6-15(40)10-21(17)41/h1-11,40-42H,(H,38,39)(H3,28,31,37)(H2,29,30,32,33,34). The summed E-state index contributed by atoms with van der Waals surface area (Å²) >= 11 is 17.4. The average Bonchev–Trinajstić information content (AvgIpc) is 2.92. The van der Waals surface area contributed by atoms with Crippen molar-refractivity contribution in [1.29, 1.82) is 0 Å². The van der Waals surface area contributed by atoms with Crippen molar-refractivity contribution in [3.05, 3.63) is 72.0 Å². The number of thiol groups is 3. The van der Waals surface area contributed by atoms with Crippen LogP contribution in [0.3, 0.4) is 0 Å². The lowest BCUT2D eigenvalue weighted by Crippen LogP contribution is -2.19. The Bertz CT molecular complexity index is 1940. The van der Waals surface area contributed by atoms with E-state index in [0.717, 1.165) is 20.6 Å². The lowest BCUT2D eigenvalue weighted by molar-refractivity contribution is 0.259. The monoisotopic (exact) mass is 669 g/mol. The Labute approximate surface area is 268 Å². The number of urea groups is 1. The van der Waals surface area contributed by atoms with Crippen LogP contribution in [0, 0.1) is 0 Å². The van der Waals surface area contributed by atoms with E-state index in [1.165, 1.54) is 12.1 Å². The van der Waals surface area contributed by atoms with E-state index in [1.54, 1.807) is 30.3 Å². The Morgan fingerprint density at radius 2 is 1.56 bits per heavy atom. The molecule has 4 aromatic carbocycles. The third-order valence-corrected chi connectivity index (χ3v) is 7.50. The number of aromatic nitrogens is 3. The molecule has 1 atom stereocenters. The van der Waals surface area contributed by atoms with Crippen LogP contribution in [0.1, 0.15) is 0 Å².